The molecule has 0 fully saturated rings. The van der Waals surface area contributed by atoms with E-state index in [1.165, 1.54) is 0 Å². The number of hydrogen-bond acceptors (Lipinski definition) is 2. The summed E-state index contributed by atoms with van der Waals surface area (Å²) < 4.78 is 0.667. The predicted octanol–water partition coefficient (Wildman–Crippen LogP) is 3.96. The van der Waals surface area contributed by atoms with Gasteiger partial charge in [-0.1, -0.05) is 17.7 Å². The number of anilines is 2. The molecule has 1 amide bonds. The molecule has 0 saturated heterocycles. The molecule has 2 aromatic carbocycles. The molecule has 0 aromatic heterocycles. The molecule has 98 valence electrons. The standard InChI is InChI=1S/C14H12BrClN2O/c1-18(11-4-2-3-10(17)8-11)14(19)12-6-5-9(16)7-13(12)15/h2-8H,17H2,1H3. The van der Waals surface area contributed by atoms with Crippen LogP contribution in [0.15, 0.2) is 46.9 Å². The van der Waals surface area contributed by atoms with Gasteiger partial charge in [0.2, 0.25) is 0 Å². The Morgan fingerprint density at radius 2 is 2.00 bits per heavy atom. The summed E-state index contributed by atoms with van der Waals surface area (Å²) in [7, 11) is 1.71. The first-order valence-corrected chi connectivity index (χ1v) is 6.75. The molecule has 0 atom stereocenters. The van der Waals surface area contributed by atoms with Crippen LogP contribution in [0, 0.1) is 0 Å². The van der Waals surface area contributed by atoms with E-state index in [1.54, 1.807) is 42.3 Å². The van der Waals surface area contributed by atoms with E-state index in [2.05, 4.69) is 15.9 Å². The van der Waals surface area contributed by atoms with Gasteiger partial charge in [-0.3, -0.25) is 4.79 Å². The molecule has 0 radical (unpaired) electrons. The zero-order valence-corrected chi connectivity index (χ0v) is 12.6. The SMILES string of the molecule is CN(C(=O)c1ccc(Cl)cc1Br)c1cccc(N)c1. The summed E-state index contributed by atoms with van der Waals surface area (Å²) >= 11 is 9.21. The van der Waals surface area contributed by atoms with Crippen molar-refractivity contribution in [1.82, 2.24) is 0 Å². The number of benzene rings is 2. The van der Waals surface area contributed by atoms with Crippen molar-refractivity contribution in [2.75, 3.05) is 17.7 Å². The lowest BCUT2D eigenvalue weighted by atomic mass is 10.2. The molecule has 5 heteroatoms. The third-order valence-corrected chi connectivity index (χ3v) is 3.61. The number of carbonyl (C=O) groups excluding carboxylic acids is 1. The Bertz CT molecular complexity index is 631. The van der Waals surface area contributed by atoms with Gasteiger partial charge in [-0.2, -0.15) is 0 Å². The molecule has 3 nitrogen and oxygen atoms in total. The molecule has 0 aliphatic rings. The molecule has 0 bridgehead atoms. The van der Waals surface area contributed by atoms with Crippen molar-refractivity contribution in [3.8, 4) is 0 Å². The quantitative estimate of drug-likeness (QED) is 0.842. The van der Waals surface area contributed by atoms with Crippen LogP contribution in [0.1, 0.15) is 10.4 Å². The fraction of sp³-hybridized carbons (Fsp3) is 0.0714. The Hall–Kier alpha value is -1.52. The zero-order valence-electron chi connectivity index (χ0n) is 10.2. The van der Waals surface area contributed by atoms with Gasteiger partial charge in [0.1, 0.15) is 0 Å². The second-order valence-corrected chi connectivity index (χ2v) is 5.37. The van der Waals surface area contributed by atoms with Gasteiger partial charge in [-0.25, -0.2) is 0 Å². The van der Waals surface area contributed by atoms with Gasteiger partial charge < -0.3 is 10.6 Å². The summed E-state index contributed by atoms with van der Waals surface area (Å²) in [5, 5.41) is 0.579. The number of nitrogens with zero attached hydrogens (tertiary/aromatic N) is 1. The second-order valence-electron chi connectivity index (χ2n) is 4.08. The fourth-order valence-corrected chi connectivity index (χ4v) is 2.55. The number of amides is 1. The largest absolute Gasteiger partial charge is 0.399 e. The average Bonchev–Trinajstić information content (AvgIpc) is 2.37. The van der Waals surface area contributed by atoms with Gasteiger partial charge in [-0.15, -0.1) is 0 Å². The molecule has 0 heterocycles. The number of rotatable bonds is 2. The Morgan fingerprint density at radius 3 is 2.63 bits per heavy atom. The van der Waals surface area contributed by atoms with E-state index < -0.39 is 0 Å². The van der Waals surface area contributed by atoms with Gasteiger partial charge in [0.05, 0.1) is 5.56 Å². The number of nitrogens with two attached hydrogens (primary N) is 1. The smallest absolute Gasteiger partial charge is 0.259 e. The summed E-state index contributed by atoms with van der Waals surface area (Å²) in [5.41, 5.74) is 7.63. The van der Waals surface area contributed by atoms with Gasteiger partial charge in [0.15, 0.2) is 0 Å². The van der Waals surface area contributed by atoms with Gasteiger partial charge >= 0.3 is 0 Å². The predicted molar refractivity (Wildman–Crippen MR) is 82.7 cm³/mol. The van der Waals surface area contributed by atoms with Crippen molar-refractivity contribution in [3.63, 3.8) is 0 Å². The van der Waals surface area contributed by atoms with Gasteiger partial charge in [0.25, 0.3) is 5.91 Å². The van der Waals surface area contributed by atoms with Crippen LogP contribution in [0.3, 0.4) is 0 Å². The number of carbonyl (C=O) groups is 1. The van der Waals surface area contributed by atoms with E-state index in [1.807, 2.05) is 12.1 Å². The van der Waals surface area contributed by atoms with Crippen LogP contribution in [0.2, 0.25) is 5.02 Å². The third-order valence-electron chi connectivity index (χ3n) is 2.72. The summed E-state index contributed by atoms with van der Waals surface area (Å²) in [6.45, 7) is 0. The highest BCUT2D eigenvalue weighted by molar-refractivity contribution is 9.10. The maximum absolute atomic E-state index is 12.4. The number of hydrogen-bond donors (Lipinski definition) is 1. The third kappa shape index (κ3) is 3.08. The fourth-order valence-electron chi connectivity index (χ4n) is 1.69. The van der Waals surface area contributed by atoms with Crippen molar-refractivity contribution in [2.24, 2.45) is 0 Å². The molecule has 2 N–H and O–H groups in total. The number of nitrogen functional groups attached to an aromatic ring is 1. The van der Waals surface area contributed by atoms with E-state index in [-0.39, 0.29) is 5.91 Å². The minimum absolute atomic E-state index is 0.130. The Labute approximate surface area is 125 Å². The molecule has 2 aromatic rings. The average molecular weight is 340 g/mol. The van der Waals surface area contributed by atoms with Crippen molar-refractivity contribution in [3.05, 3.63) is 57.5 Å². The zero-order chi connectivity index (χ0) is 14.0. The van der Waals surface area contributed by atoms with Crippen LogP contribution >= 0.6 is 27.5 Å². The van der Waals surface area contributed by atoms with Gasteiger partial charge in [-0.05, 0) is 52.3 Å². The van der Waals surface area contributed by atoms with Gasteiger partial charge in [0, 0.05) is 27.9 Å². The highest BCUT2D eigenvalue weighted by atomic mass is 79.9. The molecule has 0 aliphatic heterocycles. The Balaban J connectivity index is 2.33. The van der Waals surface area contributed by atoms with Crippen LogP contribution < -0.4 is 10.6 Å². The first kappa shape index (κ1) is 13.9. The molecule has 0 saturated carbocycles. The van der Waals surface area contributed by atoms with Crippen LogP contribution in [0.5, 0.6) is 0 Å². The van der Waals surface area contributed by atoms with E-state index in [0.717, 1.165) is 5.69 Å². The topological polar surface area (TPSA) is 46.3 Å². The Kier molecular flexibility index (Phi) is 4.12. The first-order valence-electron chi connectivity index (χ1n) is 5.57. The van der Waals surface area contributed by atoms with Crippen LogP contribution in [0.4, 0.5) is 11.4 Å². The summed E-state index contributed by atoms with van der Waals surface area (Å²) in [4.78, 5) is 13.9. The van der Waals surface area contributed by atoms with E-state index in [9.17, 15) is 4.79 Å². The lowest BCUT2D eigenvalue weighted by Gasteiger charge is -2.18. The first-order chi connectivity index (χ1) is 8.99. The van der Waals surface area contributed by atoms with Crippen LogP contribution in [-0.2, 0) is 0 Å². The molecular formula is C14H12BrClN2O. The lowest BCUT2D eigenvalue weighted by molar-refractivity contribution is 0.0992. The molecule has 19 heavy (non-hydrogen) atoms. The maximum Gasteiger partial charge on any atom is 0.259 e. The Morgan fingerprint density at radius 1 is 1.26 bits per heavy atom. The molecule has 0 spiro atoms. The van der Waals surface area contributed by atoms with Crippen molar-refractivity contribution in [2.45, 2.75) is 0 Å². The van der Waals surface area contributed by atoms with E-state index in [4.69, 9.17) is 17.3 Å². The molecule has 2 rings (SSSR count). The van der Waals surface area contributed by atoms with Crippen molar-refractivity contribution < 1.29 is 4.79 Å². The summed E-state index contributed by atoms with van der Waals surface area (Å²) in [5.74, 6) is -0.130. The summed E-state index contributed by atoms with van der Waals surface area (Å²) in [6, 6.07) is 12.2. The number of halogens is 2. The lowest BCUT2D eigenvalue weighted by Crippen LogP contribution is -2.26. The highest BCUT2D eigenvalue weighted by Gasteiger charge is 2.16. The second kappa shape index (κ2) is 5.63. The molecule has 0 unspecified atom stereocenters. The monoisotopic (exact) mass is 338 g/mol. The van der Waals surface area contributed by atoms with E-state index in [0.29, 0.717) is 20.7 Å². The van der Waals surface area contributed by atoms with Crippen molar-refractivity contribution >= 4 is 44.8 Å². The minimum atomic E-state index is -0.130. The van der Waals surface area contributed by atoms with E-state index >= 15 is 0 Å². The molecule has 0 aliphatic carbocycles. The summed E-state index contributed by atoms with van der Waals surface area (Å²) in [6.07, 6.45) is 0. The highest BCUT2D eigenvalue weighted by Crippen LogP contribution is 2.25. The van der Waals surface area contributed by atoms with Crippen LogP contribution in [-0.4, -0.2) is 13.0 Å². The normalized spacial score (nSPS) is 10.3. The maximum atomic E-state index is 12.4. The van der Waals surface area contributed by atoms with Crippen LogP contribution in [0.25, 0.3) is 0 Å². The molecular weight excluding hydrogens is 328 g/mol. The van der Waals surface area contributed by atoms with Crippen molar-refractivity contribution in [1.29, 1.82) is 0 Å². The minimum Gasteiger partial charge on any atom is -0.399 e.